The first-order chi connectivity index (χ1) is 14.8. The van der Waals surface area contributed by atoms with E-state index in [4.69, 9.17) is 0 Å². The molecule has 0 saturated carbocycles. The third kappa shape index (κ3) is 4.26. The molecule has 0 bridgehead atoms. The van der Waals surface area contributed by atoms with E-state index >= 15 is 0 Å². The molecule has 0 spiro atoms. The van der Waals surface area contributed by atoms with Crippen LogP contribution >= 0.6 is 0 Å². The van der Waals surface area contributed by atoms with E-state index in [1.54, 1.807) is 43.1 Å². The minimum absolute atomic E-state index is 0.321. The molecule has 2 aromatic heterocycles. The second-order valence-electron chi connectivity index (χ2n) is 7.60. The van der Waals surface area contributed by atoms with Gasteiger partial charge in [-0.1, -0.05) is 6.42 Å². The van der Waals surface area contributed by atoms with Crippen molar-refractivity contribution in [1.29, 1.82) is 0 Å². The zero-order valence-corrected chi connectivity index (χ0v) is 18.2. The predicted molar refractivity (Wildman–Crippen MR) is 116 cm³/mol. The number of carbonyl (C=O) groups is 1. The van der Waals surface area contributed by atoms with Gasteiger partial charge in [0.15, 0.2) is 0 Å². The van der Waals surface area contributed by atoms with E-state index in [9.17, 15) is 17.6 Å². The number of fused-ring (bicyclic) bond motifs is 1. The fraction of sp³-hybridized carbons (Fsp3) is 0.333. The van der Waals surface area contributed by atoms with Crippen LogP contribution in [0.3, 0.4) is 0 Å². The summed E-state index contributed by atoms with van der Waals surface area (Å²) in [7, 11) is -2.08. The lowest BCUT2D eigenvalue weighted by Crippen LogP contribution is -2.45. The molecule has 1 saturated heterocycles. The average molecular weight is 446 g/mol. The highest BCUT2D eigenvalue weighted by Gasteiger charge is 2.25. The zero-order chi connectivity index (χ0) is 22.2. The largest absolute Gasteiger partial charge is 0.304 e. The minimum Gasteiger partial charge on any atom is -0.301 e. The van der Waals surface area contributed by atoms with Crippen LogP contribution in [0.25, 0.3) is 22.8 Å². The summed E-state index contributed by atoms with van der Waals surface area (Å²) in [6.07, 6.45) is 7.12. The first-order valence-corrected chi connectivity index (χ1v) is 11.5. The summed E-state index contributed by atoms with van der Waals surface area (Å²) < 4.78 is 45.3. The number of hydrogen-bond acceptors (Lipinski definition) is 4. The van der Waals surface area contributed by atoms with E-state index in [0.29, 0.717) is 30.2 Å². The number of amides is 1. The topological polar surface area (TPSA) is 89.2 Å². The Kier molecular flexibility index (Phi) is 5.67. The predicted octanol–water partition coefficient (Wildman–Crippen LogP) is 2.67. The van der Waals surface area contributed by atoms with Gasteiger partial charge in [-0.15, -0.1) is 0 Å². The van der Waals surface area contributed by atoms with Gasteiger partial charge >= 0.3 is 10.2 Å². The smallest absolute Gasteiger partial charge is 0.301 e. The Bertz CT molecular complexity index is 1270. The Hall–Kier alpha value is -2.98. The minimum atomic E-state index is -3.86. The molecular weight excluding hydrogens is 421 g/mol. The molecule has 1 fully saturated rings. The number of rotatable bonds is 5. The molecule has 0 atom stereocenters. The van der Waals surface area contributed by atoms with Crippen LogP contribution in [0, 0.1) is 12.7 Å². The molecule has 31 heavy (non-hydrogen) atoms. The molecule has 3 heterocycles. The number of benzene rings is 1. The Morgan fingerprint density at radius 2 is 1.94 bits per heavy atom. The van der Waals surface area contributed by atoms with Crippen LogP contribution in [0.2, 0.25) is 0 Å². The van der Waals surface area contributed by atoms with Crippen molar-refractivity contribution in [3.63, 3.8) is 0 Å². The number of piperidine rings is 1. The van der Waals surface area contributed by atoms with Crippen LogP contribution in [0.1, 0.15) is 30.5 Å². The molecule has 0 unspecified atom stereocenters. The van der Waals surface area contributed by atoms with Crippen molar-refractivity contribution >= 4 is 33.1 Å². The monoisotopic (exact) mass is 445 g/mol. The van der Waals surface area contributed by atoms with Gasteiger partial charge in [0.2, 0.25) is 0 Å². The number of hydrogen-bond donors (Lipinski definition) is 1. The lowest BCUT2D eigenvalue weighted by molar-refractivity contribution is -0.114. The van der Waals surface area contributed by atoms with Gasteiger partial charge in [0.25, 0.3) is 5.91 Å². The fourth-order valence-corrected chi connectivity index (χ4v) is 5.12. The highest BCUT2D eigenvalue weighted by molar-refractivity contribution is 7.87. The van der Waals surface area contributed by atoms with Gasteiger partial charge in [0, 0.05) is 43.4 Å². The van der Waals surface area contributed by atoms with Crippen molar-refractivity contribution in [2.24, 2.45) is 7.05 Å². The summed E-state index contributed by atoms with van der Waals surface area (Å²) in [5.41, 5.74) is 2.12. The first kappa shape index (κ1) is 21.3. The molecule has 3 aromatic rings. The van der Waals surface area contributed by atoms with E-state index < -0.39 is 16.1 Å². The number of carbonyl (C=O) groups excluding carboxylic acids is 1. The average Bonchev–Trinajstić information content (AvgIpc) is 3.25. The van der Waals surface area contributed by atoms with Crippen LogP contribution in [0.15, 0.2) is 36.5 Å². The van der Waals surface area contributed by atoms with Gasteiger partial charge < -0.3 is 4.57 Å². The number of nitrogens with one attached hydrogen (secondary N) is 1. The molecule has 1 aromatic carbocycles. The van der Waals surface area contributed by atoms with Crippen molar-refractivity contribution in [1.82, 2.24) is 23.4 Å². The highest BCUT2D eigenvalue weighted by atomic mass is 32.2. The maximum Gasteiger partial charge on any atom is 0.304 e. The van der Waals surface area contributed by atoms with Crippen LogP contribution in [-0.4, -0.2) is 46.1 Å². The zero-order valence-electron chi connectivity index (χ0n) is 17.4. The normalized spacial score (nSPS) is 15.7. The number of halogens is 1. The molecule has 8 nitrogen and oxygen atoms in total. The molecule has 4 rings (SSSR count). The third-order valence-corrected chi connectivity index (χ3v) is 6.91. The van der Waals surface area contributed by atoms with Gasteiger partial charge in [0.05, 0.1) is 11.2 Å². The van der Waals surface area contributed by atoms with E-state index in [2.05, 4.69) is 9.82 Å². The van der Waals surface area contributed by atoms with Gasteiger partial charge in [-0.2, -0.15) is 17.8 Å². The molecule has 1 aliphatic heterocycles. The standard InChI is InChI=1S/C21H24FN5O3S/c1-15-18(7-9-20(28)24-31(29,30)26-11-4-3-5-12-26)21(25(2)23-15)27-13-10-16-14-17(22)6-8-19(16)27/h6-10,13-14H,3-5,11-12H2,1-2H3,(H,24,28). The molecule has 1 amide bonds. The molecule has 0 aliphatic carbocycles. The maximum atomic E-state index is 13.6. The summed E-state index contributed by atoms with van der Waals surface area (Å²) in [4.78, 5) is 12.4. The summed E-state index contributed by atoms with van der Waals surface area (Å²) in [6.45, 7) is 2.63. The quantitative estimate of drug-likeness (QED) is 0.612. The van der Waals surface area contributed by atoms with Gasteiger partial charge in [0.1, 0.15) is 11.6 Å². The molecular formula is C21H24FN5O3S. The molecule has 10 heteroatoms. The van der Waals surface area contributed by atoms with Crippen molar-refractivity contribution in [2.45, 2.75) is 26.2 Å². The second-order valence-corrected chi connectivity index (χ2v) is 9.27. The summed E-state index contributed by atoms with van der Waals surface area (Å²) in [6, 6.07) is 6.31. The summed E-state index contributed by atoms with van der Waals surface area (Å²) >= 11 is 0. The van der Waals surface area contributed by atoms with Crippen LogP contribution in [0.4, 0.5) is 4.39 Å². The highest BCUT2D eigenvalue weighted by Crippen LogP contribution is 2.26. The summed E-state index contributed by atoms with van der Waals surface area (Å²) in [5, 5.41) is 5.16. The van der Waals surface area contributed by atoms with E-state index in [0.717, 1.165) is 30.2 Å². The lowest BCUT2D eigenvalue weighted by Gasteiger charge is -2.25. The third-order valence-electron chi connectivity index (χ3n) is 5.40. The van der Waals surface area contributed by atoms with Crippen LogP contribution < -0.4 is 4.72 Å². The SMILES string of the molecule is Cc1nn(C)c(-n2ccc3cc(F)ccc32)c1C=CC(=O)NS(=O)(=O)N1CCCCC1. The van der Waals surface area contributed by atoms with Crippen LogP contribution in [-0.2, 0) is 22.1 Å². The fourth-order valence-electron chi connectivity index (χ4n) is 3.93. The van der Waals surface area contributed by atoms with Crippen molar-refractivity contribution < 1.29 is 17.6 Å². The maximum absolute atomic E-state index is 13.6. The molecule has 1 aliphatic rings. The first-order valence-electron chi connectivity index (χ1n) is 10.1. The van der Waals surface area contributed by atoms with E-state index in [1.165, 1.54) is 22.5 Å². The van der Waals surface area contributed by atoms with Crippen molar-refractivity contribution in [2.75, 3.05) is 13.1 Å². The van der Waals surface area contributed by atoms with Crippen LogP contribution in [0.5, 0.6) is 0 Å². The van der Waals surface area contributed by atoms with Crippen molar-refractivity contribution in [3.05, 3.63) is 53.6 Å². The van der Waals surface area contributed by atoms with E-state index in [-0.39, 0.29) is 5.82 Å². The van der Waals surface area contributed by atoms with Gasteiger partial charge in [-0.25, -0.2) is 9.11 Å². The Morgan fingerprint density at radius 1 is 1.19 bits per heavy atom. The van der Waals surface area contributed by atoms with Crippen molar-refractivity contribution in [3.8, 4) is 5.82 Å². The summed E-state index contributed by atoms with van der Waals surface area (Å²) in [5.74, 6) is -0.362. The lowest BCUT2D eigenvalue weighted by atomic mass is 10.2. The van der Waals surface area contributed by atoms with Gasteiger partial charge in [-0.05, 0) is 50.1 Å². The number of nitrogens with zero attached hydrogens (tertiary/aromatic N) is 4. The Morgan fingerprint density at radius 3 is 2.68 bits per heavy atom. The number of aryl methyl sites for hydroxylation is 2. The molecule has 0 radical (unpaired) electrons. The van der Waals surface area contributed by atoms with Gasteiger partial charge in [-0.3, -0.25) is 9.48 Å². The molecule has 164 valence electrons. The second kappa shape index (κ2) is 8.27. The van der Waals surface area contributed by atoms with E-state index in [1.807, 2.05) is 4.57 Å². The number of aromatic nitrogens is 3. The molecule has 1 N–H and O–H groups in total. The Labute approximate surface area is 180 Å². The Balaban J connectivity index is 1.62.